The van der Waals surface area contributed by atoms with Crippen LogP contribution in [0, 0.1) is 0 Å². The highest BCUT2D eigenvalue weighted by atomic mass is 16.6. The van der Waals surface area contributed by atoms with E-state index < -0.39 is 6.10 Å². The maximum absolute atomic E-state index is 12.9. The quantitative estimate of drug-likeness (QED) is 0.0261. The van der Waals surface area contributed by atoms with Crippen LogP contribution < -0.4 is 0 Å². The van der Waals surface area contributed by atoms with Crippen molar-refractivity contribution >= 4 is 17.9 Å². The van der Waals surface area contributed by atoms with Crippen LogP contribution >= 0.6 is 0 Å². The summed E-state index contributed by atoms with van der Waals surface area (Å²) in [4.78, 5) is 38.2. The molecule has 0 rings (SSSR count). The molecule has 6 nitrogen and oxygen atoms in total. The molecule has 0 fully saturated rings. The van der Waals surface area contributed by atoms with Crippen molar-refractivity contribution in [3.8, 4) is 0 Å². The van der Waals surface area contributed by atoms with Gasteiger partial charge in [-0.2, -0.15) is 0 Å². The Labute approximate surface area is 512 Å². The van der Waals surface area contributed by atoms with Crippen molar-refractivity contribution < 1.29 is 28.6 Å². The molecule has 1 atom stereocenters. The summed E-state index contributed by atoms with van der Waals surface area (Å²) < 4.78 is 16.9. The number of hydrogen-bond donors (Lipinski definition) is 0. The monoisotopic (exact) mass is 1150 g/mol. The van der Waals surface area contributed by atoms with E-state index in [9.17, 15) is 14.4 Å². The fraction of sp³-hybridized carbons (Fsp3) is 0.649. The molecule has 0 aromatic heterocycles. The molecule has 6 heteroatoms. The second kappa shape index (κ2) is 69.8. The van der Waals surface area contributed by atoms with E-state index in [2.05, 4.69) is 167 Å². The summed E-state index contributed by atoms with van der Waals surface area (Å²) >= 11 is 0. The van der Waals surface area contributed by atoms with Crippen LogP contribution in [0.15, 0.2) is 146 Å². The zero-order chi connectivity index (χ0) is 59.9. The molecule has 0 aliphatic rings. The zero-order valence-electron chi connectivity index (χ0n) is 53.9. The normalized spacial score (nSPS) is 13.0. The van der Waals surface area contributed by atoms with Crippen LogP contribution in [0.2, 0.25) is 0 Å². The average molecular weight is 1150 g/mol. The van der Waals surface area contributed by atoms with E-state index in [0.29, 0.717) is 19.3 Å². The third-order valence-corrected chi connectivity index (χ3v) is 14.3. The Hall–Kier alpha value is -4.71. The third-order valence-electron chi connectivity index (χ3n) is 14.3. The summed E-state index contributed by atoms with van der Waals surface area (Å²) in [6.45, 7) is 6.37. The Morgan fingerprint density at radius 3 is 0.735 bits per heavy atom. The first-order valence-electron chi connectivity index (χ1n) is 34.3. The lowest BCUT2D eigenvalue weighted by Crippen LogP contribution is -2.30. The Kier molecular flexibility index (Phi) is 65.8. The summed E-state index contributed by atoms with van der Waals surface area (Å²) in [5, 5.41) is 0. The molecular weight excluding hydrogens is 1020 g/mol. The minimum Gasteiger partial charge on any atom is -0.462 e. The van der Waals surface area contributed by atoms with Crippen molar-refractivity contribution in [2.45, 2.75) is 309 Å². The molecule has 0 aromatic rings. The average Bonchev–Trinajstić information content (AvgIpc) is 3.49. The number of esters is 3. The van der Waals surface area contributed by atoms with E-state index >= 15 is 0 Å². The van der Waals surface area contributed by atoms with Gasteiger partial charge in [-0.1, -0.05) is 308 Å². The molecule has 470 valence electrons. The molecule has 0 bridgehead atoms. The minimum absolute atomic E-state index is 0.0842. The molecule has 0 radical (unpaired) electrons. The van der Waals surface area contributed by atoms with Crippen LogP contribution in [-0.2, 0) is 28.6 Å². The van der Waals surface area contributed by atoms with Gasteiger partial charge in [0.2, 0.25) is 0 Å². The molecule has 0 N–H and O–H groups in total. The summed E-state index contributed by atoms with van der Waals surface area (Å²) in [6.07, 6.45) is 100. The number of carbonyl (C=O) groups excluding carboxylic acids is 3. The van der Waals surface area contributed by atoms with Crippen LogP contribution in [0.3, 0.4) is 0 Å². The summed E-state index contributed by atoms with van der Waals surface area (Å²) in [5.74, 6) is -0.900. The van der Waals surface area contributed by atoms with Crippen LogP contribution in [0.4, 0.5) is 0 Å². The minimum atomic E-state index is -0.787. The first kappa shape index (κ1) is 78.3. The molecule has 0 amide bonds. The SMILES string of the molecule is CC/C=C\C/C=C\C/C=C\C/C=C\C/C=C\C/C=C\C/C=C\CCCCCCCCCCCCCCCC(=O)OCC(COC(=O)CCCCCCCCC)OC(=O)CCCCCCCCC/C=C\C/C=C\C/C=C\C/C=C\C/C=C\CC. The fourth-order valence-electron chi connectivity index (χ4n) is 9.27. The molecule has 0 saturated heterocycles. The number of carbonyl (C=O) groups is 3. The smallest absolute Gasteiger partial charge is 0.306 e. The van der Waals surface area contributed by atoms with Gasteiger partial charge in [-0.25, -0.2) is 0 Å². The maximum atomic E-state index is 12.9. The summed E-state index contributed by atoms with van der Waals surface area (Å²) in [5.41, 5.74) is 0. The van der Waals surface area contributed by atoms with Crippen LogP contribution in [0.25, 0.3) is 0 Å². The largest absolute Gasteiger partial charge is 0.462 e. The van der Waals surface area contributed by atoms with Gasteiger partial charge in [-0.15, -0.1) is 0 Å². The Morgan fingerprint density at radius 2 is 0.470 bits per heavy atom. The van der Waals surface area contributed by atoms with E-state index in [1.165, 1.54) is 122 Å². The predicted molar refractivity (Wildman–Crippen MR) is 362 cm³/mol. The lowest BCUT2D eigenvalue weighted by Gasteiger charge is -2.18. The number of ether oxygens (including phenoxy) is 3. The van der Waals surface area contributed by atoms with E-state index in [-0.39, 0.29) is 31.1 Å². The molecule has 0 spiro atoms. The second-order valence-corrected chi connectivity index (χ2v) is 22.3. The number of hydrogen-bond acceptors (Lipinski definition) is 6. The van der Waals surface area contributed by atoms with Gasteiger partial charge in [0.05, 0.1) is 0 Å². The van der Waals surface area contributed by atoms with E-state index in [1.807, 2.05) is 0 Å². The first-order chi connectivity index (χ1) is 41.0. The van der Waals surface area contributed by atoms with Crippen molar-refractivity contribution in [3.05, 3.63) is 146 Å². The topological polar surface area (TPSA) is 78.9 Å². The van der Waals surface area contributed by atoms with Crippen molar-refractivity contribution in [3.63, 3.8) is 0 Å². The van der Waals surface area contributed by atoms with Crippen molar-refractivity contribution in [2.75, 3.05) is 13.2 Å². The van der Waals surface area contributed by atoms with Gasteiger partial charge in [0.1, 0.15) is 13.2 Å². The molecule has 1 unspecified atom stereocenters. The Bertz CT molecular complexity index is 1800. The van der Waals surface area contributed by atoms with Gasteiger partial charge in [0.25, 0.3) is 0 Å². The Morgan fingerprint density at radius 1 is 0.253 bits per heavy atom. The van der Waals surface area contributed by atoms with Crippen LogP contribution in [0.5, 0.6) is 0 Å². The highest BCUT2D eigenvalue weighted by molar-refractivity contribution is 5.71. The second-order valence-electron chi connectivity index (χ2n) is 22.3. The standard InChI is InChI=1S/C77H126O6/c1-4-7-10-13-16-18-20-22-24-26-28-30-32-33-34-35-36-37-38-39-40-41-42-43-45-46-48-50-52-54-56-58-61-64-67-70-76(79)82-73-74(72-81-75(78)69-66-63-60-15-12-9-6-3)83-77(80)71-68-65-62-59-57-55-53-51-49-47-44-31-29-27-25-23-21-19-17-14-11-8-5-2/h7-8,10-11,16-19,22-25,28-31,33-34,36-37,39-40,47,49,74H,4-6,9,12-15,20-21,26-27,32,35,38,41-46,48,50-73H2,1-3H3/b10-7-,11-8-,18-16-,19-17-,24-22-,25-23-,30-28-,31-29-,34-33-,37-36-,40-39-,49-47-. The highest BCUT2D eigenvalue weighted by Crippen LogP contribution is 2.16. The molecule has 0 aromatic carbocycles. The molecule has 0 saturated carbocycles. The predicted octanol–water partition coefficient (Wildman–Crippen LogP) is 23.9. The first-order valence-corrected chi connectivity index (χ1v) is 34.3. The van der Waals surface area contributed by atoms with Gasteiger partial charge in [-0.3, -0.25) is 14.4 Å². The lowest BCUT2D eigenvalue weighted by atomic mass is 10.0. The van der Waals surface area contributed by atoms with Crippen LogP contribution in [0.1, 0.15) is 303 Å². The molecule has 0 aliphatic carbocycles. The lowest BCUT2D eigenvalue weighted by molar-refractivity contribution is -0.167. The van der Waals surface area contributed by atoms with E-state index in [0.717, 1.165) is 141 Å². The molecule has 83 heavy (non-hydrogen) atoms. The van der Waals surface area contributed by atoms with Gasteiger partial charge >= 0.3 is 17.9 Å². The Balaban J connectivity index is 4.11. The fourth-order valence-corrected chi connectivity index (χ4v) is 9.27. The third kappa shape index (κ3) is 68.0. The van der Waals surface area contributed by atoms with Crippen LogP contribution in [-0.4, -0.2) is 37.2 Å². The number of allylic oxidation sites excluding steroid dienone is 24. The molecule has 0 heterocycles. The van der Waals surface area contributed by atoms with Gasteiger partial charge in [-0.05, 0) is 122 Å². The van der Waals surface area contributed by atoms with Gasteiger partial charge in [0, 0.05) is 19.3 Å². The zero-order valence-corrected chi connectivity index (χ0v) is 53.9. The summed E-state index contributed by atoms with van der Waals surface area (Å²) in [7, 11) is 0. The maximum Gasteiger partial charge on any atom is 0.306 e. The van der Waals surface area contributed by atoms with Crippen molar-refractivity contribution in [2.24, 2.45) is 0 Å². The van der Waals surface area contributed by atoms with E-state index in [1.54, 1.807) is 0 Å². The van der Waals surface area contributed by atoms with Gasteiger partial charge < -0.3 is 14.2 Å². The number of unbranched alkanes of at least 4 members (excludes halogenated alkanes) is 26. The number of rotatable bonds is 61. The van der Waals surface area contributed by atoms with Crippen molar-refractivity contribution in [1.82, 2.24) is 0 Å². The molecule has 0 aliphatic heterocycles. The van der Waals surface area contributed by atoms with Gasteiger partial charge in [0.15, 0.2) is 6.10 Å². The van der Waals surface area contributed by atoms with E-state index in [4.69, 9.17) is 14.2 Å². The highest BCUT2D eigenvalue weighted by Gasteiger charge is 2.19. The molecular formula is C77H126O6. The van der Waals surface area contributed by atoms with Crippen molar-refractivity contribution in [1.29, 1.82) is 0 Å². The summed E-state index contributed by atoms with van der Waals surface area (Å²) in [6, 6.07) is 0.